The molecule has 0 unspecified atom stereocenters. The second-order valence-corrected chi connectivity index (χ2v) is 7.70. The summed E-state index contributed by atoms with van der Waals surface area (Å²) in [5, 5.41) is 12.0. The first kappa shape index (κ1) is 26.6. The van der Waals surface area contributed by atoms with Gasteiger partial charge in [0.05, 0.1) is 0 Å². The predicted molar refractivity (Wildman–Crippen MR) is 127 cm³/mol. The molecule has 0 amide bonds. The molecule has 2 nitrogen and oxygen atoms in total. The summed E-state index contributed by atoms with van der Waals surface area (Å²) in [6.45, 7) is 13.2. The van der Waals surface area contributed by atoms with Gasteiger partial charge in [0.25, 0.3) is 0 Å². The van der Waals surface area contributed by atoms with E-state index < -0.39 is 0 Å². The summed E-state index contributed by atoms with van der Waals surface area (Å²) < 4.78 is 0. The number of benzene rings is 3. The maximum absolute atomic E-state index is 6.00. The normalized spacial score (nSPS) is 9.62. The zero-order chi connectivity index (χ0) is 22.1. The van der Waals surface area contributed by atoms with Crippen LogP contribution >= 0.6 is 0 Å². The zero-order valence-corrected chi connectivity index (χ0v) is 18.8. The molecule has 158 valence electrons. The maximum atomic E-state index is 6.00. The molecule has 0 spiro atoms. The van der Waals surface area contributed by atoms with Crippen LogP contribution in [0.2, 0.25) is 0 Å². The third-order valence-electron chi connectivity index (χ3n) is 4.40. The summed E-state index contributed by atoms with van der Waals surface area (Å²) >= 11 is 0. The Bertz CT molecular complexity index is 602. The van der Waals surface area contributed by atoms with Crippen LogP contribution in [-0.2, 0) is 0 Å². The Morgan fingerprint density at radius 3 is 0.655 bits per heavy atom. The SMILES string of the molecule is CC(C)c1ccccc1.CC(C)c1ccccc1.CC(C)c1ccccc1.OO. The van der Waals surface area contributed by atoms with Crippen LogP contribution in [0.1, 0.15) is 76.0 Å². The fraction of sp³-hybridized carbons (Fsp3) is 0.333. The van der Waals surface area contributed by atoms with E-state index >= 15 is 0 Å². The molecule has 3 aromatic rings. The van der Waals surface area contributed by atoms with Crippen molar-refractivity contribution in [1.82, 2.24) is 0 Å². The molecule has 0 aliphatic heterocycles. The van der Waals surface area contributed by atoms with Crippen molar-refractivity contribution < 1.29 is 10.5 Å². The van der Waals surface area contributed by atoms with Crippen molar-refractivity contribution in [3.8, 4) is 0 Å². The van der Waals surface area contributed by atoms with Gasteiger partial charge < -0.3 is 0 Å². The third-order valence-corrected chi connectivity index (χ3v) is 4.40. The number of hydrogen-bond acceptors (Lipinski definition) is 2. The molecule has 0 saturated carbocycles. The molecule has 0 heterocycles. The lowest BCUT2D eigenvalue weighted by atomic mass is 10.0. The third kappa shape index (κ3) is 12.6. The van der Waals surface area contributed by atoms with E-state index in [1.54, 1.807) is 0 Å². The molecule has 0 aliphatic carbocycles. The fourth-order valence-electron chi connectivity index (χ4n) is 2.51. The van der Waals surface area contributed by atoms with E-state index in [9.17, 15) is 0 Å². The molecule has 29 heavy (non-hydrogen) atoms. The van der Waals surface area contributed by atoms with Crippen molar-refractivity contribution in [2.75, 3.05) is 0 Å². The van der Waals surface area contributed by atoms with Crippen molar-refractivity contribution in [2.24, 2.45) is 0 Å². The van der Waals surface area contributed by atoms with Crippen LogP contribution in [0, 0.1) is 0 Å². The first-order valence-electron chi connectivity index (χ1n) is 10.3. The summed E-state index contributed by atoms with van der Waals surface area (Å²) in [6, 6.07) is 31.6. The lowest BCUT2D eigenvalue weighted by Crippen LogP contribution is -1.83. The average molecular weight is 395 g/mol. The van der Waals surface area contributed by atoms with E-state index in [2.05, 4.69) is 114 Å². The van der Waals surface area contributed by atoms with Gasteiger partial charge in [0.1, 0.15) is 0 Å². The fourth-order valence-corrected chi connectivity index (χ4v) is 2.51. The van der Waals surface area contributed by atoms with E-state index in [0.717, 1.165) is 0 Å². The number of hydrogen-bond donors (Lipinski definition) is 2. The predicted octanol–water partition coefficient (Wildman–Crippen LogP) is 8.45. The molecule has 2 N–H and O–H groups in total. The van der Waals surface area contributed by atoms with Gasteiger partial charge in [-0.05, 0) is 34.4 Å². The smallest absolute Gasteiger partial charge is 0.0219 e. The molecule has 0 bridgehead atoms. The largest absolute Gasteiger partial charge is 0.255 e. The number of rotatable bonds is 3. The van der Waals surface area contributed by atoms with Gasteiger partial charge in [0.15, 0.2) is 0 Å². The molecular formula is C27H38O2. The molecular weight excluding hydrogens is 356 g/mol. The van der Waals surface area contributed by atoms with Crippen LogP contribution in [-0.4, -0.2) is 10.5 Å². The molecule has 3 rings (SSSR count). The van der Waals surface area contributed by atoms with E-state index in [1.807, 2.05) is 18.2 Å². The highest BCUT2D eigenvalue weighted by Crippen LogP contribution is 2.13. The Morgan fingerprint density at radius 2 is 0.552 bits per heavy atom. The Hall–Kier alpha value is -2.42. The van der Waals surface area contributed by atoms with E-state index in [1.165, 1.54) is 16.7 Å². The van der Waals surface area contributed by atoms with Gasteiger partial charge in [-0.15, -0.1) is 0 Å². The Kier molecular flexibility index (Phi) is 15.1. The lowest BCUT2D eigenvalue weighted by Gasteiger charge is -2.01. The van der Waals surface area contributed by atoms with Crippen molar-refractivity contribution >= 4 is 0 Å². The van der Waals surface area contributed by atoms with Crippen LogP contribution in [0.5, 0.6) is 0 Å². The molecule has 0 aromatic heterocycles. The monoisotopic (exact) mass is 394 g/mol. The minimum absolute atomic E-state index is 0.659. The van der Waals surface area contributed by atoms with Crippen molar-refractivity contribution in [1.29, 1.82) is 0 Å². The second kappa shape index (κ2) is 16.5. The first-order chi connectivity index (χ1) is 13.9. The Morgan fingerprint density at radius 1 is 0.379 bits per heavy atom. The van der Waals surface area contributed by atoms with Gasteiger partial charge in [0.2, 0.25) is 0 Å². The van der Waals surface area contributed by atoms with E-state index in [-0.39, 0.29) is 0 Å². The highest BCUT2D eigenvalue weighted by Gasteiger charge is 1.94. The van der Waals surface area contributed by atoms with Gasteiger partial charge >= 0.3 is 0 Å². The minimum Gasteiger partial charge on any atom is -0.255 e. The molecule has 0 fully saturated rings. The van der Waals surface area contributed by atoms with Gasteiger partial charge in [0, 0.05) is 0 Å². The van der Waals surface area contributed by atoms with Crippen LogP contribution in [0.3, 0.4) is 0 Å². The van der Waals surface area contributed by atoms with Gasteiger partial charge in [-0.1, -0.05) is 133 Å². The molecule has 3 aromatic carbocycles. The molecule has 2 heteroatoms. The summed E-state index contributed by atoms with van der Waals surface area (Å²) in [5.74, 6) is 1.98. The van der Waals surface area contributed by atoms with Gasteiger partial charge in [-0.3, -0.25) is 10.5 Å². The Balaban J connectivity index is 0.000000388. The summed E-state index contributed by atoms with van der Waals surface area (Å²) in [4.78, 5) is 0. The summed E-state index contributed by atoms with van der Waals surface area (Å²) in [6.07, 6.45) is 0. The van der Waals surface area contributed by atoms with Crippen LogP contribution in [0.15, 0.2) is 91.0 Å². The first-order valence-corrected chi connectivity index (χ1v) is 10.3. The standard InChI is InChI=1S/3C9H12.H2O2/c3*1-8(2)9-6-4-3-5-7-9;1-2/h3*3-8H,1-2H3;1-2H. The van der Waals surface area contributed by atoms with Gasteiger partial charge in [-0.2, -0.15) is 0 Å². The van der Waals surface area contributed by atoms with Gasteiger partial charge in [-0.25, -0.2) is 0 Å². The van der Waals surface area contributed by atoms with Crippen molar-refractivity contribution in [2.45, 2.75) is 59.3 Å². The van der Waals surface area contributed by atoms with Crippen molar-refractivity contribution in [3.05, 3.63) is 108 Å². The minimum atomic E-state index is 0.659. The molecule has 0 radical (unpaired) electrons. The van der Waals surface area contributed by atoms with E-state index in [0.29, 0.717) is 17.8 Å². The van der Waals surface area contributed by atoms with Crippen LogP contribution in [0.25, 0.3) is 0 Å². The van der Waals surface area contributed by atoms with E-state index in [4.69, 9.17) is 10.5 Å². The quantitative estimate of drug-likeness (QED) is 0.345. The highest BCUT2D eigenvalue weighted by atomic mass is 17.0. The molecule has 0 atom stereocenters. The topological polar surface area (TPSA) is 40.5 Å². The van der Waals surface area contributed by atoms with Crippen LogP contribution in [0.4, 0.5) is 0 Å². The highest BCUT2D eigenvalue weighted by molar-refractivity contribution is 5.19. The summed E-state index contributed by atoms with van der Waals surface area (Å²) in [7, 11) is 0. The second-order valence-electron chi connectivity index (χ2n) is 7.70. The Labute approximate surface area is 177 Å². The van der Waals surface area contributed by atoms with Crippen LogP contribution < -0.4 is 0 Å². The maximum Gasteiger partial charge on any atom is -0.0219 e. The summed E-state index contributed by atoms with van der Waals surface area (Å²) in [5.41, 5.74) is 4.24. The molecule has 0 saturated heterocycles. The van der Waals surface area contributed by atoms with Crippen molar-refractivity contribution in [3.63, 3.8) is 0 Å². The zero-order valence-electron chi connectivity index (χ0n) is 18.8. The molecule has 0 aliphatic rings. The average Bonchev–Trinajstić information content (AvgIpc) is 2.78. The lowest BCUT2D eigenvalue weighted by molar-refractivity contribution is -0.176.